The monoisotopic (exact) mass is 252 g/mol. The van der Waals surface area contributed by atoms with E-state index in [2.05, 4.69) is 37.6 Å². The topological polar surface area (TPSA) is 38.0 Å². The molecular weight excluding hydrogens is 228 g/mol. The van der Waals surface area contributed by atoms with Crippen LogP contribution in [0.25, 0.3) is 0 Å². The van der Waals surface area contributed by atoms with Crippen LogP contribution < -0.4 is 11.3 Å². The van der Waals surface area contributed by atoms with Crippen LogP contribution in [0.5, 0.6) is 0 Å². The molecule has 1 aromatic rings. The number of hydrogen-bond acceptors (Lipinski definition) is 3. The van der Waals surface area contributed by atoms with Crippen LogP contribution in [0.15, 0.2) is 11.4 Å². The first-order valence-corrected chi connectivity index (χ1v) is 7.41. The third kappa shape index (κ3) is 2.90. The van der Waals surface area contributed by atoms with Gasteiger partial charge in [0, 0.05) is 10.9 Å². The average molecular weight is 252 g/mol. The third-order valence-electron chi connectivity index (χ3n) is 4.27. The molecule has 0 aromatic carbocycles. The number of nitrogens with two attached hydrogens (primary N) is 1. The number of rotatable bonds is 3. The van der Waals surface area contributed by atoms with Crippen LogP contribution >= 0.6 is 11.3 Å². The SMILES string of the molecule is Cc1sccc1C(NN)C1CCC(C)(C)CC1. The van der Waals surface area contributed by atoms with Crippen LogP contribution in [0.4, 0.5) is 0 Å². The van der Waals surface area contributed by atoms with E-state index in [0.29, 0.717) is 17.4 Å². The second-order valence-corrected chi connectivity index (χ2v) is 7.20. The van der Waals surface area contributed by atoms with Crippen molar-refractivity contribution in [2.45, 2.75) is 52.5 Å². The third-order valence-corrected chi connectivity index (χ3v) is 5.13. The molecule has 0 spiro atoms. The Hall–Kier alpha value is -0.380. The number of aryl methyl sites for hydroxylation is 1. The molecule has 1 heterocycles. The molecule has 1 unspecified atom stereocenters. The first-order valence-electron chi connectivity index (χ1n) is 6.53. The molecule has 1 aliphatic carbocycles. The van der Waals surface area contributed by atoms with E-state index >= 15 is 0 Å². The second kappa shape index (κ2) is 5.09. The van der Waals surface area contributed by atoms with Crippen molar-refractivity contribution in [1.82, 2.24) is 5.43 Å². The van der Waals surface area contributed by atoms with Crippen molar-refractivity contribution in [2.75, 3.05) is 0 Å². The minimum atomic E-state index is 0.345. The summed E-state index contributed by atoms with van der Waals surface area (Å²) in [6.07, 6.45) is 5.21. The molecule has 0 aliphatic heterocycles. The zero-order chi connectivity index (χ0) is 12.5. The standard InChI is InChI=1S/C14H24N2S/c1-10-12(6-9-17-10)13(16-15)11-4-7-14(2,3)8-5-11/h6,9,11,13,16H,4-5,7-8,15H2,1-3H3. The van der Waals surface area contributed by atoms with E-state index < -0.39 is 0 Å². The zero-order valence-corrected chi connectivity index (χ0v) is 11.9. The molecule has 3 N–H and O–H groups in total. The Morgan fingerprint density at radius 1 is 1.41 bits per heavy atom. The highest BCUT2D eigenvalue weighted by atomic mass is 32.1. The van der Waals surface area contributed by atoms with Gasteiger partial charge in [0.1, 0.15) is 0 Å². The van der Waals surface area contributed by atoms with Gasteiger partial charge >= 0.3 is 0 Å². The second-order valence-electron chi connectivity index (χ2n) is 6.08. The van der Waals surface area contributed by atoms with Crippen LogP contribution in [-0.2, 0) is 0 Å². The Kier molecular flexibility index (Phi) is 3.91. The fourth-order valence-corrected chi connectivity index (χ4v) is 3.70. The Morgan fingerprint density at radius 2 is 2.06 bits per heavy atom. The lowest BCUT2D eigenvalue weighted by molar-refractivity contribution is 0.161. The summed E-state index contributed by atoms with van der Waals surface area (Å²) in [6.45, 7) is 6.95. The maximum atomic E-state index is 5.79. The minimum Gasteiger partial charge on any atom is -0.271 e. The van der Waals surface area contributed by atoms with Gasteiger partial charge in [0.25, 0.3) is 0 Å². The van der Waals surface area contributed by atoms with Gasteiger partial charge < -0.3 is 0 Å². The summed E-state index contributed by atoms with van der Waals surface area (Å²) in [5.74, 6) is 6.48. The van der Waals surface area contributed by atoms with E-state index in [1.54, 1.807) is 0 Å². The molecule has 1 atom stereocenters. The number of hydrogen-bond donors (Lipinski definition) is 2. The van der Waals surface area contributed by atoms with Crippen LogP contribution in [0.3, 0.4) is 0 Å². The molecule has 96 valence electrons. The Bertz CT molecular complexity index is 360. The van der Waals surface area contributed by atoms with E-state index in [1.165, 1.54) is 36.1 Å². The van der Waals surface area contributed by atoms with Crippen molar-refractivity contribution < 1.29 is 0 Å². The Balaban J connectivity index is 2.08. The highest BCUT2D eigenvalue weighted by molar-refractivity contribution is 7.10. The van der Waals surface area contributed by atoms with Crippen LogP contribution in [0, 0.1) is 18.3 Å². The van der Waals surface area contributed by atoms with Gasteiger partial charge in [-0.3, -0.25) is 11.3 Å². The zero-order valence-electron chi connectivity index (χ0n) is 11.1. The largest absolute Gasteiger partial charge is 0.271 e. The number of hydrazine groups is 1. The number of nitrogens with one attached hydrogen (secondary N) is 1. The van der Waals surface area contributed by atoms with Gasteiger partial charge in [-0.2, -0.15) is 0 Å². The number of thiophene rings is 1. The summed E-state index contributed by atoms with van der Waals surface area (Å²) >= 11 is 1.82. The maximum Gasteiger partial charge on any atom is 0.0499 e. The van der Waals surface area contributed by atoms with Gasteiger partial charge in [0.05, 0.1) is 0 Å². The fraction of sp³-hybridized carbons (Fsp3) is 0.714. The molecule has 1 fully saturated rings. The lowest BCUT2D eigenvalue weighted by Gasteiger charge is -2.38. The normalized spacial score (nSPS) is 22.6. The molecule has 17 heavy (non-hydrogen) atoms. The first-order chi connectivity index (χ1) is 8.03. The molecule has 2 rings (SSSR count). The van der Waals surface area contributed by atoms with E-state index in [0.717, 1.165) is 0 Å². The molecule has 2 nitrogen and oxygen atoms in total. The van der Waals surface area contributed by atoms with Crippen molar-refractivity contribution in [3.8, 4) is 0 Å². The van der Waals surface area contributed by atoms with Crippen molar-refractivity contribution in [3.05, 3.63) is 21.9 Å². The molecule has 3 heteroatoms. The smallest absolute Gasteiger partial charge is 0.0499 e. The van der Waals surface area contributed by atoms with Crippen LogP contribution in [0.2, 0.25) is 0 Å². The summed E-state index contributed by atoms with van der Waals surface area (Å²) in [5, 5.41) is 2.17. The van der Waals surface area contributed by atoms with Crippen molar-refractivity contribution in [1.29, 1.82) is 0 Å². The molecule has 1 aromatic heterocycles. The molecule has 0 saturated heterocycles. The maximum absolute atomic E-state index is 5.79. The van der Waals surface area contributed by atoms with Crippen LogP contribution in [-0.4, -0.2) is 0 Å². The predicted molar refractivity (Wildman–Crippen MR) is 74.9 cm³/mol. The Morgan fingerprint density at radius 3 is 2.53 bits per heavy atom. The highest BCUT2D eigenvalue weighted by Gasteiger charge is 2.32. The van der Waals surface area contributed by atoms with E-state index in [-0.39, 0.29) is 0 Å². The van der Waals surface area contributed by atoms with Crippen molar-refractivity contribution >= 4 is 11.3 Å². The van der Waals surface area contributed by atoms with E-state index in [4.69, 9.17) is 5.84 Å². The van der Waals surface area contributed by atoms with E-state index in [1.807, 2.05) is 11.3 Å². The molecule has 0 bridgehead atoms. The summed E-state index contributed by atoms with van der Waals surface area (Å²) < 4.78 is 0. The molecular formula is C14H24N2S. The van der Waals surface area contributed by atoms with Gasteiger partial charge in [-0.15, -0.1) is 11.3 Å². The van der Waals surface area contributed by atoms with Crippen LogP contribution in [0.1, 0.15) is 56.0 Å². The minimum absolute atomic E-state index is 0.345. The lowest BCUT2D eigenvalue weighted by Crippen LogP contribution is -2.36. The molecule has 0 radical (unpaired) electrons. The summed E-state index contributed by atoms with van der Waals surface area (Å²) in [4.78, 5) is 1.40. The quantitative estimate of drug-likeness (QED) is 0.634. The van der Waals surface area contributed by atoms with Crippen molar-refractivity contribution in [2.24, 2.45) is 17.2 Å². The Labute approximate surface area is 109 Å². The molecule has 1 saturated carbocycles. The average Bonchev–Trinajstić information content (AvgIpc) is 2.69. The van der Waals surface area contributed by atoms with E-state index in [9.17, 15) is 0 Å². The van der Waals surface area contributed by atoms with Gasteiger partial charge in [-0.25, -0.2) is 0 Å². The molecule has 0 amide bonds. The van der Waals surface area contributed by atoms with Gasteiger partial charge in [-0.05, 0) is 60.9 Å². The predicted octanol–water partition coefficient (Wildman–Crippen LogP) is 3.78. The van der Waals surface area contributed by atoms with Gasteiger partial charge in [-0.1, -0.05) is 13.8 Å². The summed E-state index contributed by atoms with van der Waals surface area (Å²) in [6, 6.07) is 2.57. The summed E-state index contributed by atoms with van der Waals surface area (Å²) in [5.41, 5.74) is 4.98. The molecule has 1 aliphatic rings. The first kappa shape index (κ1) is 13.1. The highest BCUT2D eigenvalue weighted by Crippen LogP contribution is 2.43. The van der Waals surface area contributed by atoms with Gasteiger partial charge in [0.2, 0.25) is 0 Å². The lowest BCUT2D eigenvalue weighted by atomic mass is 9.70. The van der Waals surface area contributed by atoms with Crippen molar-refractivity contribution in [3.63, 3.8) is 0 Å². The fourth-order valence-electron chi connectivity index (χ4n) is 2.95. The summed E-state index contributed by atoms with van der Waals surface area (Å²) in [7, 11) is 0. The van der Waals surface area contributed by atoms with Gasteiger partial charge in [0.15, 0.2) is 0 Å².